The molecule has 20 heavy (non-hydrogen) atoms. The van der Waals surface area contributed by atoms with Gasteiger partial charge in [-0.2, -0.15) is 0 Å². The lowest BCUT2D eigenvalue weighted by Crippen LogP contribution is -1.99. The van der Waals surface area contributed by atoms with Crippen molar-refractivity contribution in [3.63, 3.8) is 0 Å². The number of rotatable bonds is 5. The zero-order chi connectivity index (χ0) is 14.5. The lowest BCUT2D eigenvalue weighted by atomic mass is 10.0. The standard InChI is InChI=1S/C16H17NO3/c1-11-9-14(7-8-17-11)13-4-3-12(5-6-16(18)19)15(10-13)20-2/h3-4,7-10H,5-6H2,1-2H3,(H,18,19). The predicted molar refractivity (Wildman–Crippen MR) is 76.9 cm³/mol. The summed E-state index contributed by atoms with van der Waals surface area (Å²) in [6.07, 6.45) is 2.34. The van der Waals surface area contributed by atoms with Gasteiger partial charge in [-0.05, 0) is 48.2 Å². The van der Waals surface area contributed by atoms with E-state index in [-0.39, 0.29) is 6.42 Å². The van der Waals surface area contributed by atoms with Crippen molar-refractivity contribution in [1.82, 2.24) is 4.98 Å². The first-order chi connectivity index (χ1) is 9.60. The van der Waals surface area contributed by atoms with E-state index in [2.05, 4.69) is 4.98 Å². The molecular weight excluding hydrogens is 254 g/mol. The van der Waals surface area contributed by atoms with Crippen LogP contribution >= 0.6 is 0 Å². The van der Waals surface area contributed by atoms with Crippen LogP contribution in [0.1, 0.15) is 17.7 Å². The smallest absolute Gasteiger partial charge is 0.303 e. The molecule has 1 aromatic heterocycles. The van der Waals surface area contributed by atoms with E-state index in [9.17, 15) is 4.79 Å². The highest BCUT2D eigenvalue weighted by atomic mass is 16.5. The van der Waals surface area contributed by atoms with Gasteiger partial charge in [0.05, 0.1) is 7.11 Å². The molecule has 0 aliphatic heterocycles. The van der Waals surface area contributed by atoms with Crippen LogP contribution in [-0.2, 0) is 11.2 Å². The Morgan fingerprint density at radius 2 is 2.00 bits per heavy atom. The number of aromatic nitrogens is 1. The van der Waals surface area contributed by atoms with E-state index in [0.29, 0.717) is 6.42 Å². The first-order valence-electron chi connectivity index (χ1n) is 6.42. The molecule has 4 nitrogen and oxygen atoms in total. The summed E-state index contributed by atoms with van der Waals surface area (Å²) >= 11 is 0. The molecule has 2 aromatic rings. The van der Waals surface area contributed by atoms with Crippen LogP contribution in [0, 0.1) is 6.92 Å². The predicted octanol–water partition coefficient (Wildman–Crippen LogP) is 3.08. The monoisotopic (exact) mass is 271 g/mol. The van der Waals surface area contributed by atoms with Gasteiger partial charge in [-0.15, -0.1) is 0 Å². The minimum absolute atomic E-state index is 0.101. The van der Waals surface area contributed by atoms with E-state index in [1.165, 1.54) is 0 Å². The Morgan fingerprint density at radius 3 is 2.65 bits per heavy atom. The third-order valence-corrected chi connectivity index (χ3v) is 3.13. The van der Waals surface area contributed by atoms with Crippen LogP contribution in [0.4, 0.5) is 0 Å². The van der Waals surface area contributed by atoms with Gasteiger partial charge in [-0.25, -0.2) is 0 Å². The van der Waals surface area contributed by atoms with Crippen molar-refractivity contribution >= 4 is 5.97 Å². The highest BCUT2D eigenvalue weighted by Crippen LogP contribution is 2.28. The fraction of sp³-hybridized carbons (Fsp3) is 0.250. The van der Waals surface area contributed by atoms with Crippen LogP contribution in [0.5, 0.6) is 5.75 Å². The number of pyridine rings is 1. The van der Waals surface area contributed by atoms with Crippen molar-refractivity contribution in [2.75, 3.05) is 7.11 Å². The maximum atomic E-state index is 10.7. The number of carboxylic acid groups (broad SMARTS) is 1. The van der Waals surface area contributed by atoms with E-state index in [1.807, 2.05) is 37.3 Å². The quantitative estimate of drug-likeness (QED) is 0.907. The molecule has 0 amide bonds. The third-order valence-electron chi connectivity index (χ3n) is 3.13. The lowest BCUT2D eigenvalue weighted by Gasteiger charge is -2.10. The average molecular weight is 271 g/mol. The van der Waals surface area contributed by atoms with Crippen LogP contribution in [0.25, 0.3) is 11.1 Å². The van der Waals surface area contributed by atoms with Crippen LogP contribution in [0.3, 0.4) is 0 Å². The second-order valence-corrected chi connectivity index (χ2v) is 4.61. The number of aliphatic carboxylic acids is 1. The van der Waals surface area contributed by atoms with Gasteiger partial charge in [0.25, 0.3) is 0 Å². The Hall–Kier alpha value is -2.36. The first kappa shape index (κ1) is 14.1. The van der Waals surface area contributed by atoms with E-state index in [4.69, 9.17) is 9.84 Å². The van der Waals surface area contributed by atoms with Gasteiger partial charge in [-0.3, -0.25) is 9.78 Å². The zero-order valence-corrected chi connectivity index (χ0v) is 11.6. The summed E-state index contributed by atoms with van der Waals surface area (Å²) in [5, 5.41) is 8.75. The lowest BCUT2D eigenvalue weighted by molar-refractivity contribution is -0.136. The SMILES string of the molecule is COc1cc(-c2ccnc(C)c2)ccc1CCC(=O)O. The molecule has 1 N–H and O–H groups in total. The molecule has 0 saturated heterocycles. The van der Waals surface area contributed by atoms with Crippen LogP contribution in [0.2, 0.25) is 0 Å². The maximum Gasteiger partial charge on any atom is 0.303 e. The molecule has 104 valence electrons. The van der Waals surface area contributed by atoms with Crippen LogP contribution < -0.4 is 4.74 Å². The van der Waals surface area contributed by atoms with E-state index in [1.54, 1.807) is 13.3 Å². The van der Waals surface area contributed by atoms with Gasteiger partial charge in [-0.1, -0.05) is 12.1 Å². The largest absolute Gasteiger partial charge is 0.496 e. The number of nitrogens with zero attached hydrogens (tertiary/aromatic N) is 1. The van der Waals surface area contributed by atoms with Gasteiger partial charge in [0.2, 0.25) is 0 Å². The molecule has 4 heteroatoms. The Bertz CT molecular complexity index is 623. The Kier molecular flexibility index (Phi) is 4.35. The molecule has 0 aliphatic carbocycles. The molecule has 0 saturated carbocycles. The molecule has 0 spiro atoms. The van der Waals surface area contributed by atoms with Gasteiger partial charge in [0.15, 0.2) is 0 Å². The van der Waals surface area contributed by atoms with E-state index in [0.717, 1.165) is 28.1 Å². The highest BCUT2D eigenvalue weighted by Gasteiger charge is 2.08. The zero-order valence-electron chi connectivity index (χ0n) is 11.6. The molecule has 0 aliphatic rings. The molecule has 0 atom stereocenters. The van der Waals surface area contributed by atoms with E-state index >= 15 is 0 Å². The summed E-state index contributed by atoms with van der Waals surface area (Å²) in [5.74, 6) is -0.0842. The second-order valence-electron chi connectivity index (χ2n) is 4.61. The van der Waals surface area contributed by atoms with Gasteiger partial charge in [0, 0.05) is 18.3 Å². The number of hydrogen-bond acceptors (Lipinski definition) is 3. The van der Waals surface area contributed by atoms with Gasteiger partial charge < -0.3 is 9.84 Å². The number of aryl methyl sites for hydroxylation is 2. The number of hydrogen-bond donors (Lipinski definition) is 1. The molecular formula is C16H17NO3. The highest BCUT2D eigenvalue weighted by molar-refractivity contribution is 5.68. The van der Waals surface area contributed by atoms with Gasteiger partial charge >= 0.3 is 5.97 Å². The molecule has 0 bridgehead atoms. The summed E-state index contributed by atoms with van der Waals surface area (Å²) in [6.45, 7) is 1.95. The summed E-state index contributed by atoms with van der Waals surface area (Å²) in [7, 11) is 1.60. The topological polar surface area (TPSA) is 59.4 Å². The maximum absolute atomic E-state index is 10.7. The molecule has 0 unspecified atom stereocenters. The minimum Gasteiger partial charge on any atom is -0.496 e. The van der Waals surface area contributed by atoms with Crippen LogP contribution in [-0.4, -0.2) is 23.2 Å². The second kappa shape index (κ2) is 6.19. The first-order valence-corrected chi connectivity index (χ1v) is 6.42. The molecule has 1 aromatic carbocycles. The number of ether oxygens (including phenoxy) is 1. The normalized spacial score (nSPS) is 10.3. The van der Waals surface area contributed by atoms with Crippen molar-refractivity contribution in [3.8, 4) is 16.9 Å². The van der Waals surface area contributed by atoms with Crippen molar-refractivity contribution in [1.29, 1.82) is 0 Å². The molecule has 2 rings (SSSR count). The summed E-state index contributed by atoms with van der Waals surface area (Å²) in [6, 6.07) is 9.79. The number of benzene rings is 1. The molecule has 1 heterocycles. The number of carboxylic acids is 1. The fourth-order valence-corrected chi connectivity index (χ4v) is 2.10. The molecule has 0 fully saturated rings. The number of methoxy groups -OCH3 is 1. The Morgan fingerprint density at radius 1 is 1.25 bits per heavy atom. The third kappa shape index (κ3) is 3.35. The summed E-state index contributed by atoms with van der Waals surface area (Å²) < 4.78 is 5.36. The van der Waals surface area contributed by atoms with Crippen molar-refractivity contribution < 1.29 is 14.6 Å². The van der Waals surface area contributed by atoms with E-state index < -0.39 is 5.97 Å². The van der Waals surface area contributed by atoms with Crippen molar-refractivity contribution in [3.05, 3.63) is 47.8 Å². The molecule has 0 radical (unpaired) electrons. The number of carbonyl (C=O) groups is 1. The van der Waals surface area contributed by atoms with Crippen molar-refractivity contribution in [2.45, 2.75) is 19.8 Å². The Labute approximate surface area is 118 Å². The van der Waals surface area contributed by atoms with Crippen molar-refractivity contribution in [2.24, 2.45) is 0 Å². The fourth-order valence-electron chi connectivity index (χ4n) is 2.10. The Balaban J connectivity index is 2.31. The average Bonchev–Trinajstić information content (AvgIpc) is 2.44. The van der Waals surface area contributed by atoms with Gasteiger partial charge in [0.1, 0.15) is 5.75 Å². The minimum atomic E-state index is -0.805. The van der Waals surface area contributed by atoms with Crippen LogP contribution in [0.15, 0.2) is 36.5 Å². The summed E-state index contributed by atoms with van der Waals surface area (Å²) in [5.41, 5.74) is 3.97. The summed E-state index contributed by atoms with van der Waals surface area (Å²) in [4.78, 5) is 14.8.